The van der Waals surface area contributed by atoms with Crippen LogP contribution in [-0.4, -0.2) is 51.1 Å². The number of morpholine rings is 1. The van der Waals surface area contributed by atoms with Gasteiger partial charge in [-0.2, -0.15) is 4.72 Å². The lowest BCUT2D eigenvalue weighted by atomic mass is 10.1. The first-order valence-electron chi connectivity index (χ1n) is 9.08. The number of benzene rings is 2. The van der Waals surface area contributed by atoms with Crippen LogP contribution in [0.4, 0.5) is 4.39 Å². The molecule has 0 spiro atoms. The van der Waals surface area contributed by atoms with Crippen molar-refractivity contribution in [1.29, 1.82) is 0 Å². The maximum Gasteiger partial charge on any atom is 0.244 e. The topological polar surface area (TPSA) is 75.7 Å². The zero-order valence-corrected chi connectivity index (χ0v) is 16.4. The maximum atomic E-state index is 14.0. The van der Waals surface area contributed by atoms with Gasteiger partial charge in [0.2, 0.25) is 15.9 Å². The minimum absolute atomic E-state index is 0.127. The van der Waals surface area contributed by atoms with E-state index in [1.807, 2.05) is 37.3 Å². The molecule has 8 heteroatoms. The molecule has 0 bridgehead atoms. The number of carbonyl (C=O) groups excluding carboxylic acids is 1. The van der Waals surface area contributed by atoms with E-state index >= 15 is 0 Å². The van der Waals surface area contributed by atoms with E-state index in [2.05, 4.69) is 4.72 Å². The largest absolute Gasteiger partial charge is 0.375 e. The summed E-state index contributed by atoms with van der Waals surface area (Å²) in [5, 5.41) is 0. The molecule has 0 aromatic heterocycles. The minimum atomic E-state index is -4.21. The highest BCUT2D eigenvalue weighted by molar-refractivity contribution is 7.89. The third-order valence-electron chi connectivity index (χ3n) is 4.56. The van der Waals surface area contributed by atoms with Crippen LogP contribution in [0.15, 0.2) is 59.5 Å². The molecule has 1 heterocycles. The molecule has 0 aliphatic carbocycles. The normalized spacial score (nSPS) is 18.6. The molecule has 1 aliphatic heterocycles. The van der Waals surface area contributed by atoms with Gasteiger partial charge in [0.05, 0.1) is 12.7 Å². The Morgan fingerprint density at radius 2 is 1.89 bits per heavy atom. The van der Waals surface area contributed by atoms with Crippen LogP contribution in [0.5, 0.6) is 0 Å². The molecule has 150 valence electrons. The van der Waals surface area contributed by atoms with Crippen LogP contribution < -0.4 is 4.72 Å². The van der Waals surface area contributed by atoms with E-state index in [0.29, 0.717) is 19.7 Å². The quantitative estimate of drug-likeness (QED) is 0.796. The lowest BCUT2D eigenvalue weighted by Crippen LogP contribution is -2.54. The zero-order valence-electron chi connectivity index (χ0n) is 15.5. The average molecular weight is 406 g/mol. The third kappa shape index (κ3) is 4.95. The van der Waals surface area contributed by atoms with Gasteiger partial charge in [-0.1, -0.05) is 42.5 Å². The third-order valence-corrected chi connectivity index (χ3v) is 6.06. The highest BCUT2D eigenvalue weighted by Crippen LogP contribution is 2.16. The van der Waals surface area contributed by atoms with Crippen molar-refractivity contribution >= 4 is 15.9 Å². The van der Waals surface area contributed by atoms with Crippen molar-refractivity contribution in [1.82, 2.24) is 9.62 Å². The Morgan fingerprint density at radius 3 is 2.57 bits per heavy atom. The summed E-state index contributed by atoms with van der Waals surface area (Å²) in [5.74, 6) is -1.21. The molecule has 0 radical (unpaired) electrons. The van der Waals surface area contributed by atoms with Crippen LogP contribution in [0, 0.1) is 5.82 Å². The number of sulfonamides is 1. The first-order valence-corrected chi connectivity index (χ1v) is 10.6. The van der Waals surface area contributed by atoms with Gasteiger partial charge >= 0.3 is 0 Å². The van der Waals surface area contributed by atoms with Crippen molar-refractivity contribution < 1.29 is 22.3 Å². The molecule has 6 nitrogen and oxygen atoms in total. The molecule has 2 atom stereocenters. The number of carbonyl (C=O) groups is 1. The van der Waals surface area contributed by atoms with Crippen LogP contribution in [0.25, 0.3) is 0 Å². The van der Waals surface area contributed by atoms with Crippen molar-refractivity contribution in [3.05, 3.63) is 66.0 Å². The molecular formula is C20H23FN2O4S. The SMILES string of the molecule is C[C@H]1CN(C(=O)[C@@H](Cc2ccccc2)NS(=O)(=O)c2ccccc2F)CCO1. The number of hydrogen-bond donors (Lipinski definition) is 1. The highest BCUT2D eigenvalue weighted by atomic mass is 32.2. The van der Waals surface area contributed by atoms with Crippen molar-refractivity contribution in [2.75, 3.05) is 19.7 Å². The van der Waals surface area contributed by atoms with Crippen LogP contribution in [0.3, 0.4) is 0 Å². The summed E-state index contributed by atoms with van der Waals surface area (Å²) in [4.78, 5) is 14.2. The van der Waals surface area contributed by atoms with E-state index in [9.17, 15) is 17.6 Å². The number of rotatable bonds is 6. The fourth-order valence-corrected chi connectivity index (χ4v) is 4.45. The zero-order chi connectivity index (χ0) is 20.1. The lowest BCUT2D eigenvalue weighted by Gasteiger charge is -2.34. The number of nitrogens with zero attached hydrogens (tertiary/aromatic N) is 1. The van der Waals surface area contributed by atoms with Gasteiger partial charge < -0.3 is 9.64 Å². The fourth-order valence-electron chi connectivity index (χ4n) is 3.18. The van der Waals surface area contributed by atoms with Crippen molar-refractivity contribution in [3.63, 3.8) is 0 Å². The Kier molecular flexibility index (Phi) is 6.43. The van der Waals surface area contributed by atoms with Crippen LogP contribution in [0.2, 0.25) is 0 Å². The van der Waals surface area contributed by atoms with Crippen LogP contribution >= 0.6 is 0 Å². The van der Waals surface area contributed by atoms with E-state index < -0.39 is 26.8 Å². The smallest absolute Gasteiger partial charge is 0.244 e. The molecule has 3 rings (SSSR count). The van der Waals surface area contributed by atoms with E-state index in [-0.39, 0.29) is 18.4 Å². The number of hydrogen-bond acceptors (Lipinski definition) is 4. The van der Waals surface area contributed by atoms with Gasteiger partial charge in [0, 0.05) is 13.1 Å². The molecule has 0 saturated carbocycles. The summed E-state index contributed by atoms with van der Waals surface area (Å²) in [7, 11) is -4.21. The standard InChI is InChI=1S/C20H23FN2O4S/c1-15-14-23(11-12-27-15)20(24)18(13-16-7-3-2-4-8-16)22-28(25,26)19-10-6-5-9-17(19)21/h2-10,15,18,22H,11-14H2,1H3/t15-,18+/m0/s1. The molecule has 28 heavy (non-hydrogen) atoms. The predicted octanol–water partition coefficient (Wildman–Crippen LogP) is 1.96. The summed E-state index contributed by atoms with van der Waals surface area (Å²) in [6.45, 7) is 3.02. The number of amides is 1. The van der Waals surface area contributed by atoms with Gasteiger partial charge in [0.1, 0.15) is 16.8 Å². The number of nitrogens with one attached hydrogen (secondary N) is 1. The Balaban J connectivity index is 1.87. The summed E-state index contributed by atoms with van der Waals surface area (Å²) >= 11 is 0. The lowest BCUT2D eigenvalue weighted by molar-refractivity contribution is -0.139. The minimum Gasteiger partial charge on any atom is -0.375 e. The van der Waals surface area contributed by atoms with E-state index in [0.717, 1.165) is 11.6 Å². The number of ether oxygens (including phenoxy) is 1. The molecule has 0 unspecified atom stereocenters. The highest BCUT2D eigenvalue weighted by Gasteiger charge is 2.32. The Hall–Kier alpha value is -2.29. The molecular weight excluding hydrogens is 383 g/mol. The second-order valence-electron chi connectivity index (χ2n) is 6.76. The summed E-state index contributed by atoms with van der Waals surface area (Å²) in [6.07, 6.45) is 0.0391. The molecule has 1 aliphatic rings. The van der Waals surface area contributed by atoms with E-state index in [4.69, 9.17) is 4.74 Å². The Morgan fingerprint density at radius 1 is 1.21 bits per heavy atom. The van der Waals surface area contributed by atoms with Gasteiger partial charge in [0.25, 0.3) is 0 Å². The second-order valence-corrected chi connectivity index (χ2v) is 8.44. The molecule has 2 aromatic rings. The van der Waals surface area contributed by atoms with Gasteiger partial charge in [-0.3, -0.25) is 4.79 Å². The van der Waals surface area contributed by atoms with Crippen molar-refractivity contribution in [2.24, 2.45) is 0 Å². The first-order chi connectivity index (χ1) is 13.4. The van der Waals surface area contributed by atoms with Gasteiger partial charge in [-0.15, -0.1) is 0 Å². The summed E-state index contributed by atoms with van der Waals surface area (Å²) in [5.41, 5.74) is 0.804. The van der Waals surface area contributed by atoms with Crippen LogP contribution in [0.1, 0.15) is 12.5 Å². The molecule has 1 amide bonds. The Labute approximate surface area is 164 Å². The molecule has 2 aromatic carbocycles. The average Bonchev–Trinajstić information content (AvgIpc) is 2.68. The molecule has 1 N–H and O–H groups in total. The second kappa shape index (κ2) is 8.81. The number of halogens is 1. The Bertz CT molecular complexity index is 921. The van der Waals surface area contributed by atoms with E-state index in [1.165, 1.54) is 18.2 Å². The fraction of sp³-hybridized carbons (Fsp3) is 0.350. The monoisotopic (exact) mass is 406 g/mol. The summed E-state index contributed by atoms with van der Waals surface area (Å²) < 4.78 is 47.4. The van der Waals surface area contributed by atoms with Gasteiger partial charge in [-0.05, 0) is 31.0 Å². The molecule has 1 saturated heterocycles. The van der Waals surface area contributed by atoms with Crippen molar-refractivity contribution in [2.45, 2.75) is 30.4 Å². The van der Waals surface area contributed by atoms with Gasteiger partial charge in [-0.25, -0.2) is 12.8 Å². The molecule has 1 fully saturated rings. The maximum absolute atomic E-state index is 14.0. The van der Waals surface area contributed by atoms with Crippen molar-refractivity contribution in [3.8, 4) is 0 Å². The first kappa shape index (κ1) is 20.4. The van der Waals surface area contributed by atoms with Gasteiger partial charge in [0.15, 0.2) is 0 Å². The van der Waals surface area contributed by atoms with E-state index in [1.54, 1.807) is 4.90 Å². The van der Waals surface area contributed by atoms with Crippen LogP contribution in [-0.2, 0) is 26.0 Å². The summed E-state index contributed by atoms with van der Waals surface area (Å²) in [6, 6.07) is 13.2. The predicted molar refractivity (Wildman–Crippen MR) is 103 cm³/mol.